The quantitative estimate of drug-likeness (QED) is 0.775. The Labute approximate surface area is 131 Å². The number of hydrogen-bond acceptors (Lipinski definition) is 4. The average Bonchev–Trinajstić information content (AvgIpc) is 2.55. The first-order chi connectivity index (χ1) is 10.8. The van der Waals surface area contributed by atoms with Crippen LogP contribution in [0.5, 0.6) is 0 Å². The van der Waals surface area contributed by atoms with Crippen LogP contribution < -0.4 is 11.1 Å². The molecule has 1 aromatic carbocycles. The predicted octanol–water partition coefficient (Wildman–Crippen LogP) is 1.52. The van der Waals surface area contributed by atoms with E-state index in [4.69, 9.17) is 5.73 Å². The van der Waals surface area contributed by atoms with Gasteiger partial charge < -0.3 is 11.1 Å². The Hall–Kier alpha value is -2.24. The van der Waals surface area contributed by atoms with E-state index in [2.05, 4.69) is 27.3 Å². The van der Waals surface area contributed by atoms with Crippen molar-refractivity contribution in [3.8, 4) is 0 Å². The maximum absolute atomic E-state index is 12.1. The number of nitrogens with zero attached hydrogens (tertiary/aromatic N) is 2. The van der Waals surface area contributed by atoms with Crippen molar-refractivity contribution in [3.05, 3.63) is 60.4 Å². The summed E-state index contributed by atoms with van der Waals surface area (Å²) in [5.74, 6) is -0.0345. The molecular formula is C17H22N4O. The summed E-state index contributed by atoms with van der Waals surface area (Å²) in [5, 5.41) is 2.87. The molecule has 0 aliphatic heterocycles. The van der Waals surface area contributed by atoms with E-state index in [0.29, 0.717) is 19.6 Å². The molecule has 0 atom stereocenters. The Morgan fingerprint density at radius 2 is 1.82 bits per heavy atom. The van der Waals surface area contributed by atoms with E-state index in [1.807, 2.05) is 18.2 Å². The highest BCUT2D eigenvalue weighted by atomic mass is 16.2. The van der Waals surface area contributed by atoms with Gasteiger partial charge in [0.2, 0.25) is 5.91 Å². The fourth-order valence-electron chi connectivity index (χ4n) is 2.22. The summed E-state index contributed by atoms with van der Waals surface area (Å²) in [5.41, 5.74) is 7.67. The molecule has 1 amide bonds. The third kappa shape index (κ3) is 5.63. The zero-order valence-electron chi connectivity index (χ0n) is 12.6. The number of carbonyl (C=O) groups excluding carboxylic acids is 1. The largest absolute Gasteiger partial charge is 0.329 e. The molecule has 0 radical (unpaired) electrons. The number of hydrogen-bond donors (Lipinski definition) is 2. The van der Waals surface area contributed by atoms with Crippen molar-refractivity contribution >= 4 is 11.6 Å². The monoisotopic (exact) mass is 298 g/mol. The molecular weight excluding hydrogens is 276 g/mol. The molecule has 1 heterocycles. The minimum atomic E-state index is -0.0345. The lowest BCUT2D eigenvalue weighted by atomic mass is 10.1. The Bertz CT molecular complexity index is 559. The summed E-state index contributed by atoms with van der Waals surface area (Å²) in [4.78, 5) is 18.1. The van der Waals surface area contributed by atoms with Gasteiger partial charge in [-0.15, -0.1) is 0 Å². The molecule has 2 rings (SSSR count). The van der Waals surface area contributed by atoms with Gasteiger partial charge in [0, 0.05) is 37.7 Å². The highest BCUT2D eigenvalue weighted by Gasteiger charge is 2.10. The molecule has 5 nitrogen and oxygen atoms in total. The summed E-state index contributed by atoms with van der Waals surface area (Å²) in [7, 11) is 0. The van der Waals surface area contributed by atoms with E-state index >= 15 is 0 Å². The third-order valence-corrected chi connectivity index (χ3v) is 3.34. The first kappa shape index (κ1) is 16.1. The van der Waals surface area contributed by atoms with Crippen LogP contribution in [0.4, 0.5) is 5.69 Å². The van der Waals surface area contributed by atoms with Gasteiger partial charge in [0.25, 0.3) is 0 Å². The zero-order valence-corrected chi connectivity index (χ0v) is 12.6. The van der Waals surface area contributed by atoms with Crippen LogP contribution in [0, 0.1) is 0 Å². The molecule has 22 heavy (non-hydrogen) atoms. The van der Waals surface area contributed by atoms with Crippen molar-refractivity contribution in [3.63, 3.8) is 0 Å². The highest BCUT2D eigenvalue weighted by molar-refractivity contribution is 5.92. The van der Waals surface area contributed by atoms with Gasteiger partial charge in [0.15, 0.2) is 0 Å². The van der Waals surface area contributed by atoms with Crippen molar-refractivity contribution in [2.75, 3.05) is 31.5 Å². The van der Waals surface area contributed by atoms with Crippen LogP contribution in [0.25, 0.3) is 0 Å². The van der Waals surface area contributed by atoms with Crippen molar-refractivity contribution in [2.24, 2.45) is 5.73 Å². The topological polar surface area (TPSA) is 71.2 Å². The maximum Gasteiger partial charge on any atom is 0.238 e. The lowest BCUT2D eigenvalue weighted by molar-refractivity contribution is -0.117. The minimum absolute atomic E-state index is 0.0345. The normalized spacial score (nSPS) is 10.6. The summed E-state index contributed by atoms with van der Waals surface area (Å²) in [6, 6.07) is 13.8. The van der Waals surface area contributed by atoms with Crippen LogP contribution in [0.2, 0.25) is 0 Å². The van der Waals surface area contributed by atoms with Crippen LogP contribution in [-0.4, -0.2) is 42.0 Å². The van der Waals surface area contributed by atoms with Crippen LogP contribution in [0.1, 0.15) is 5.56 Å². The predicted molar refractivity (Wildman–Crippen MR) is 88.5 cm³/mol. The second kappa shape index (κ2) is 8.92. The van der Waals surface area contributed by atoms with Crippen molar-refractivity contribution in [1.82, 2.24) is 9.88 Å². The van der Waals surface area contributed by atoms with Gasteiger partial charge >= 0.3 is 0 Å². The van der Waals surface area contributed by atoms with E-state index in [0.717, 1.165) is 18.7 Å². The number of pyridine rings is 1. The molecule has 0 bridgehead atoms. The molecule has 2 aromatic rings. The summed E-state index contributed by atoms with van der Waals surface area (Å²) in [6.45, 7) is 2.39. The number of benzene rings is 1. The van der Waals surface area contributed by atoms with Gasteiger partial charge in [-0.1, -0.05) is 30.3 Å². The van der Waals surface area contributed by atoms with Crippen molar-refractivity contribution in [2.45, 2.75) is 6.42 Å². The Balaban J connectivity index is 1.84. The van der Waals surface area contributed by atoms with E-state index in [-0.39, 0.29) is 5.91 Å². The van der Waals surface area contributed by atoms with E-state index < -0.39 is 0 Å². The van der Waals surface area contributed by atoms with Crippen LogP contribution >= 0.6 is 0 Å². The first-order valence-electron chi connectivity index (χ1n) is 7.44. The van der Waals surface area contributed by atoms with Gasteiger partial charge in [0.1, 0.15) is 0 Å². The second-order valence-corrected chi connectivity index (χ2v) is 5.08. The number of aromatic nitrogens is 1. The zero-order chi connectivity index (χ0) is 15.6. The highest BCUT2D eigenvalue weighted by Crippen LogP contribution is 2.04. The van der Waals surface area contributed by atoms with Gasteiger partial charge in [0.05, 0.1) is 6.54 Å². The number of carbonyl (C=O) groups is 1. The molecule has 1 aromatic heterocycles. The molecule has 0 spiro atoms. The average molecular weight is 298 g/mol. The minimum Gasteiger partial charge on any atom is -0.329 e. The fraction of sp³-hybridized carbons (Fsp3) is 0.294. The number of amides is 1. The van der Waals surface area contributed by atoms with Crippen molar-refractivity contribution < 1.29 is 4.79 Å². The standard InChI is InChI=1S/C17H22N4O/c18-9-13-21(12-8-15-4-2-1-3-5-15)14-17(22)20-16-6-10-19-11-7-16/h1-7,10-11H,8-9,12-14,18H2,(H,19,20,22). The number of anilines is 1. The Morgan fingerprint density at radius 3 is 2.50 bits per heavy atom. The van der Waals surface area contributed by atoms with Crippen LogP contribution in [0.15, 0.2) is 54.9 Å². The maximum atomic E-state index is 12.1. The van der Waals surface area contributed by atoms with Crippen LogP contribution in [0.3, 0.4) is 0 Å². The molecule has 0 aliphatic rings. The second-order valence-electron chi connectivity index (χ2n) is 5.08. The lowest BCUT2D eigenvalue weighted by Crippen LogP contribution is -2.37. The van der Waals surface area contributed by atoms with Gasteiger partial charge in [-0.25, -0.2) is 0 Å². The van der Waals surface area contributed by atoms with E-state index in [1.54, 1.807) is 24.5 Å². The summed E-state index contributed by atoms with van der Waals surface area (Å²) >= 11 is 0. The summed E-state index contributed by atoms with van der Waals surface area (Å²) < 4.78 is 0. The van der Waals surface area contributed by atoms with E-state index in [1.165, 1.54) is 5.56 Å². The molecule has 5 heteroatoms. The summed E-state index contributed by atoms with van der Waals surface area (Å²) in [6.07, 6.45) is 4.22. The number of nitrogens with two attached hydrogens (primary N) is 1. The van der Waals surface area contributed by atoms with E-state index in [9.17, 15) is 4.79 Å². The molecule has 0 aliphatic carbocycles. The first-order valence-corrected chi connectivity index (χ1v) is 7.44. The SMILES string of the molecule is NCCN(CCc1ccccc1)CC(=O)Nc1ccncc1. The van der Waals surface area contributed by atoms with Gasteiger partial charge in [-0.05, 0) is 24.1 Å². The van der Waals surface area contributed by atoms with Gasteiger partial charge in [-0.3, -0.25) is 14.7 Å². The van der Waals surface area contributed by atoms with Gasteiger partial charge in [-0.2, -0.15) is 0 Å². The van der Waals surface area contributed by atoms with Crippen LogP contribution in [-0.2, 0) is 11.2 Å². The number of nitrogens with one attached hydrogen (secondary N) is 1. The lowest BCUT2D eigenvalue weighted by Gasteiger charge is -2.21. The Morgan fingerprint density at radius 1 is 1.09 bits per heavy atom. The molecule has 0 unspecified atom stereocenters. The molecule has 3 N–H and O–H groups in total. The smallest absolute Gasteiger partial charge is 0.238 e. The number of rotatable bonds is 8. The van der Waals surface area contributed by atoms with Crippen molar-refractivity contribution in [1.29, 1.82) is 0 Å². The third-order valence-electron chi connectivity index (χ3n) is 3.34. The molecule has 0 saturated carbocycles. The molecule has 0 fully saturated rings. The molecule has 116 valence electrons. The Kier molecular flexibility index (Phi) is 6.54. The molecule has 0 saturated heterocycles. The fourth-order valence-corrected chi connectivity index (χ4v) is 2.22.